The van der Waals surface area contributed by atoms with Crippen molar-refractivity contribution >= 4 is 50.0 Å². The van der Waals surface area contributed by atoms with Gasteiger partial charge in [-0.2, -0.15) is 5.26 Å². The Morgan fingerprint density at radius 2 is 0.889 bits per heavy atom. The molecule has 8 N–H and O–H groups in total. The summed E-state index contributed by atoms with van der Waals surface area (Å²) in [5.74, 6) is -0.896. The quantitative estimate of drug-likeness (QED) is 0.107. The number of hydrogen-bond donors (Lipinski definition) is 4. The van der Waals surface area contributed by atoms with Gasteiger partial charge in [0.05, 0.1) is 29.6 Å². The van der Waals surface area contributed by atoms with Gasteiger partial charge in [-0.25, -0.2) is 13.6 Å². The summed E-state index contributed by atoms with van der Waals surface area (Å²) in [5.41, 5.74) is 32.1. The van der Waals surface area contributed by atoms with Crippen LogP contribution in [0.3, 0.4) is 0 Å². The molecule has 0 fully saturated rings. The summed E-state index contributed by atoms with van der Waals surface area (Å²) in [6, 6.07) is 46.2. The molecule has 8 rings (SSSR count). The van der Waals surface area contributed by atoms with Crippen LogP contribution in [0.15, 0.2) is 146 Å². The van der Waals surface area contributed by atoms with Gasteiger partial charge in [0.15, 0.2) is 5.69 Å². The molecular formula is C46H32F2N6. The van der Waals surface area contributed by atoms with Crippen molar-refractivity contribution in [2.45, 2.75) is 0 Å². The number of rotatable bonds is 4. The van der Waals surface area contributed by atoms with Gasteiger partial charge in [-0.1, -0.05) is 97.1 Å². The minimum Gasteiger partial charge on any atom is -0.400 e. The fourth-order valence-electron chi connectivity index (χ4n) is 6.74. The Balaban J connectivity index is 0.000000167. The summed E-state index contributed by atoms with van der Waals surface area (Å²) in [4.78, 5) is 3.65. The van der Waals surface area contributed by atoms with Gasteiger partial charge in [-0.05, 0) is 109 Å². The monoisotopic (exact) mass is 706 g/mol. The highest BCUT2D eigenvalue weighted by molar-refractivity contribution is 6.07. The van der Waals surface area contributed by atoms with E-state index in [0.717, 1.165) is 66.1 Å². The van der Waals surface area contributed by atoms with Crippen molar-refractivity contribution in [3.63, 3.8) is 0 Å². The number of hydrogen-bond acceptors (Lipinski definition) is 5. The summed E-state index contributed by atoms with van der Waals surface area (Å²) >= 11 is 0. The highest BCUT2D eigenvalue weighted by Gasteiger charge is 2.14. The van der Waals surface area contributed by atoms with Crippen LogP contribution >= 0.6 is 0 Å². The van der Waals surface area contributed by atoms with Gasteiger partial charge in [-0.15, -0.1) is 0 Å². The standard InChI is InChI=1S/C24H16N4.C22H16F2N2/c1-28-24-13-17(27)9-11-23(24)22-7-3-5-20-19(4-2-6-21(20)22)18-10-8-16(26)12-15(18)14-25;23-19-11-13(7-9-21(19)25)15-3-1-5-17-16(4-2-6-18(15)17)14-8-10-22(26)20(24)12-14/h2-13H,26-27H2;1-12H,25-26H2. The first-order valence-electron chi connectivity index (χ1n) is 16.9. The van der Waals surface area contributed by atoms with E-state index in [1.54, 1.807) is 48.5 Å². The normalized spacial score (nSPS) is 10.7. The molecule has 0 aliphatic carbocycles. The van der Waals surface area contributed by atoms with E-state index in [2.05, 4.69) is 10.9 Å². The van der Waals surface area contributed by atoms with Crippen molar-refractivity contribution < 1.29 is 8.78 Å². The summed E-state index contributed by atoms with van der Waals surface area (Å²) in [6.45, 7) is 7.51. The predicted octanol–water partition coefficient (Wildman–Crippen LogP) is 11.4. The van der Waals surface area contributed by atoms with E-state index in [0.29, 0.717) is 22.6 Å². The average Bonchev–Trinajstić information content (AvgIpc) is 3.19. The number of nitrogen functional groups attached to an aromatic ring is 4. The Bertz CT molecular complexity index is 2640. The van der Waals surface area contributed by atoms with E-state index in [9.17, 15) is 14.0 Å². The molecule has 0 unspecified atom stereocenters. The molecule has 0 radical (unpaired) electrons. The van der Waals surface area contributed by atoms with Gasteiger partial charge in [0.25, 0.3) is 0 Å². The number of nitrogens with zero attached hydrogens (tertiary/aromatic N) is 2. The van der Waals surface area contributed by atoms with Crippen LogP contribution in [-0.4, -0.2) is 0 Å². The largest absolute Gasteiger partial charge is 0.400 e. The zero-order valence-corrected chi connectivity index (χ0v) is 28.8. The molecular weight excluding hydrogens is 675 g/mol. The second-order valence-corrected chi connectivity index (χ2v) is 12.7. The van der Waals surface area contributed by atoms with Crippen molar-refractivity contribution in [1.29, 1.82) is 5.26 Å². The molecule has 8 aromatic carbocycles. The Kier molecular flexibility index (Phi) is 9.34. The number of nitrogens with two attached hydrogens (primary N) is 4. The minimum atomic E-state index is -0.448. The highest BCUT2D eigenvalue weighted by Crippen LogP contribution is 2.40. The molecule has 8 heteroatoms. The molecule has 0 spiro atoms. The van der Waals surface area contributed by atoms with Crippen LogP contribution in [0.4, 0.5) is 37.2 Å². The third-order valence-corrected chi connectivity index (χ3v) is 9.35. The number of anilines is 4. The topological polar surface area (TPSA) is 132 Å². The van der Waals surface area contributed by atoms with Crippen LogP contribution < -0.4 is 22.9 Å². The van der Waals surface area contributed by atoms with E-state index in [1.807, 2.05) is 84.9 Å². The molecule has 54 heavy (non-hydrogen) atoms. The van der Waals surface area contributed by atoms with Crippen LogP contribution in [0.1, 0.15) is 5.56 Å². The molecule has 0 aliphatic rings. The number of nitriles is 1. The summed E-state index contributed by atoms with van der Waals surface area (Å²) in [6.07, 6.45) is 0. The molecule has 0 aromatic heterocycles. The van der Waals surface area contributed by atoms with Crippen molar-refractivity contribution in [2.24, 2.45) is 0 Å². The van der Waals surface area contributed by atoms with Crippen LogP contribution in [0.25, 0.3) is 70.9 Å². The second-order valence-electron chi connectivity index (χ2n) is 12.7. The van der Waals surface area contributed by atoms with E-state index >= 15 is 0 Å². The van der Waals surface area contributed by atoms with Crippen LogP contribution in [0, 0.1) is 29.5 Å². The van der Waals surface area contributed by atoms with Crippen molar-refractivity contribution in [2.75, 3.05) is 22.9 Å². The van der Waals surface area contributed by atoms with Crippen molar-refractivity contribution in [3.05, 3.63) is 174 Å². The average molecular weight is 707 g/mol. The van der Waals surface area contributed by atoms with Gasteiger partial charge < -0.3 is 22.9 Å². The number of fused-ring (bicyclic) bond motifs is 2. The second kappa shape index (κ2) is 14.5. The molecule has 260 valence electrons. The van der Waals surface area contributed by atoms with Gasteiger partial charge >= 0.3 is 0 Å². The third-order valence-electron chi connectivity index (χ3n) is 9.35. The highest BCUT2D eigenvalue weighted by atomic mass is 19.1. The van der Waals surface area contributed by atoms with Gasteiger partial charge in [0.1, 0.15) is 11.6 Å². The first-order valence-corrected chi connectivity index (χ1v) is 16.9. The van der Waals surface area contributed by atoms with Gasteiger partial charge in [0, 0.05) is 16.9 Å². The lowest BCUT2D eigenvalue weighted by molar-refractivity contribution is 0.632. The molecule has 6 nitrogen and oxygen atoms in total. The van der Waals surface area contributed by atoms with Crippen LogP contribution in [0.2, 0.25) is 0 Å². The van der Waals surface area contributed by atoms with Crippen LogP contribution in [-0.2, 0) is 0 Å². The lowest BCUT2D eigenvalue weighted by Gasteiger charge is -2.13. The molecule has 0 amide bonds. The summed E-state index contributed by atoms with van der Waals surface area (Å²) in [5, 5.41) is 13.5. The smallest absolute Gasteiger partial charge is 0.196 e. The molecule has 0 saturated heterocycles. The van der Waals surface area contributed by atoms with Crippen molar-refractivity contribution in [3.8, 4) is 50.6 Å². The zero-order valence-electron chi connectivity index (χ0n) is 28.8. The Morgan fingerprint density at radius 3 is 1.35 bits per heavy atom. The summed E-state index contributed by atoms with van der Waals surface area (Å²) < 4.78 is 27.8. The zero-order chi connectivity index (χ0) is 37.9. The Labute approximate surface area is 311 Å². The number of halogens is 2. The lowest BCUT2D eigenvalue weighted by Crippen LogP contribution is -1.92. The predicted molar refractivity (Wildman–Crippen MR) is 218 cm³/mol. The molecule has 0 atom stereocenters. The van der Waals surface area contributed by atoms with Crippen LogP contribution in [0.5, 0.6) is 0 Å². The SMILES string of the molecule is Nc1ccc(-c2cccc3c(-c4ccc(N)c(F)c4)cccc23)cc1F.[C-]#[N+]c1cc(N)ccc1-c1cccc2c(-c3ccc(N)cc3C#N)cccc12. The maximum atomic E-state index is 13.9. The van der Waals surface area contributed by atoms with E-state index in [1.165, 1.54) is 12.1 Å². The first-order chi connectivity index (χ1) is 26.2. The molecule has 0 heterocycles. The molecule has 8 aromatic rings. The minimum absolute atomic E-state index is 0.118. The first kappa shape index (κ1) is 34.8. The Hall–Kier alpha value is -7.68. The van der Waals surface area contributed by atoms with E-state index < -0.39 is 11.6 Å². The maximum absolute atomic E-state index is 13.9. The fourth-order valence-corrected chi connectivity index (χ4v) is 6.74. The van der Waals surface area contributed by atoms with Crippen molar-refractivity contribution in [1.82, 2.24) is 0 Å². The lowest BCUT2D eigenvalue weighted by atomic mass is 9.90. The fraction of sp³-hybridized carbons (Fsp3) is 0. The summed E-state index contributed by atoms with van der Waals surface area (Å²) in [7, 11) is 0. The van der Waals surface area contributed by atoms with E-state index in [-0.39, 0.29) is 11.4 Å². The maximum Gasteiger partial charge on any atom is 0.196 e. The van der Waals surface area contributed by atoms with Gasteiger partial charge in [-0.3, -0.25) is 0 Å². The molecule has 0 aliphatic heterocycles. The molecule has 0 bridgehead atoms. The van der Waals surface area contributed by atoms with Gasteiger partial charge in [0.2, 0.25) is 0 Å². The Morgan fingerprint density at radius 1 is 0.463 bits per heavy atom. The third kappa shape index (κ3) is 6.59. The van der Waals surface area contributed by atoms with E-state index in [4.69, 9.17) is 29.5 Å². The number of benzene rings is 8. The molecule has 0 saturated carbocycles.